The molecule has 1 spiro atoms. The van der Waals surface area contributed by atoms with Crippen LogP contribution in [0.25, 0.3) is 0 Å². The molecule has 0 aliphatic carbocycles. The van der Waals surface area contributed by atoms with Crippen molar-refractivity contribution in [2.75, 3.05) is 31.2 Å². The van der Waals surface area contributed by atoms with Crippen LogP contribution in [0.5, 0.6) is 0 Å². The lowest BCUT2D eigenvalue weighted by Crippen LogP contribution is -2.57. The summed E-state index contributed by atoms with van der Waals surface area (Å²) in [5.74, 6) is -1.97. The Balaban J connectivity index is 1.81. The molecule has 3 unspecified atom stereocenters. The number of nitrogens with zero attached hydrogens (tertiary/aromatic N) is 2. The van der Waals surface area contributed by atoms with Crippen molar-refractivity contribution in [2.45, 2.75) is 42.7 Å². The van der Waals surface area contributed by atoms with E-state index in [1.165, 1.54) is 0 Å². The molecule has 1 aromatic rings. The number of esters is 1. The van der Waals surface area contributed by atoms with E-state index < -0.39 is 22.6 Å². The van der Waals surface area contributed by atoms with Crippen molar-refractivity contribution in [2.24, 2.45) is 17.8 Å². The van der Waals surface area contributed by atoms with Gasteiger partial charge >= 0.3 is 5.97 Å². The van der Waals surface area contributed by atoms with Crippen LogP contribution in [0.4, 0.5) is 5.69 Å². The summed E-state index contributed by atoms with van der Waals surface area (Å²) in [6.07, 6.45) is 2.72. The van der Waals surface area contributed by atoms with Crippen LogP contribution < -0.4 is 4.90 Å². The largest absolute Gasteiger partial charge is 0.466 e. The molecule has 184 valence electrons. The zero-order chi connectivity index (χ0) is 24.6. The normalized spacial score (nSPS) is 31.5. The van der Waals surface area contributed by atoms with E-state index in [4.69, 9.17) is 16.3 Å². The van der Waals surface area contributed by atoms with Gasteiger partial charge in [0.05, 0.1) is 33.9 Å². The lowest BCUT2D eigenvalue weighted by atomic mass is 9.66. The Morgan fingerprint density at radius 1 is 1.41 bits per heavy atom. The molecule has 34 heavy (non-hydrogen) atoms. The van der Waals surface area contributed by atoms with Gasteiger partial charge in [-0.05, 0) is 37.8 Å². The lowest BCUT2D eigenvalue weighted by Gasteiger charge is -2.40. The molecule has 2 amide bonds. The summed E-state index contributed by atoms with van der Waals surface area (Å²) >= 11 is 8.06. The first-order chi connectivity index (χ1) is 16.3. The zero-order valence-corrected chi connectivity index (χ0v) is 21.1. The first-order valence-electron chi connectivity index (χ1n) is 11.8. The maximum atomic E-state index is 14.3. The SMILES string of the molecule is C=CCN(C(=O)C1N(CCCO)C(=O)[C@@H]2[C@@H](C(=O)OCC)[C@H]3CC(C)C12S3)c1ccccc1Cl. The van der Waals surface area contributed by atoms with Crippen molar-refractivity contribution >= 4 is 46.8 Å². The number of halogens is 1. The van der Waals surface area contributed by atoms with E-state index in [1.807, 2.05) is 6.07 Å². The summed E-state index contributed by atoms with van der Waals surface area (Å²) in [6, 6.07) is 6.32. The van der Waals surface area contributed by atoms with Gasteiger partial charge in [-0.2, -0.15) is 0 Å². The molecule has 0 saturated carbocycles. The van der Waals surface area contributed by atoms with Crippen LogP contribution in [-0.4, -0.2) is 70.1 Å². The summed E-state index contributed by atoms with van der Waals surface area (Å²) in [4.78, 5) is 44.3. The second-order valence-corrected chi connectivity index (χ2v) is 11.1. The quantitative estimate of drug-likeness (QED) is 0.409. The zero-order valence-electron chi connectivity index (χ0n) is 19.5. The average molecular weight is 507 g/mol. The third kappa shape index (κ3) is 3.74. The van der Waals surface area contributed by atoms with Crippen LogP contribution in [0.15, 0.2) is 36.9 Å². The average Bonchev–Trinajstić information content (AvgIpc) is 3.40. The number of carbonyl (C=O) groups is 3. The van der Waals surface area contributed by atoms with E-state index in [0.29, 0.717) is 17.1 Å². The molecule has 1 N–H and O–H groups in total. The van der Waals surface area contributed by atoms with Gasteiger partial charge in [0.1, 0.15) is 6.04 Å². The third-order valence-electron chi connectivity index (χ3n) is 7.32. The molecule has 9 heteroatoms. The Morgan fingerprint density at radius 3 is 2.79 bits per heavy atom. The highest BCUT2D eigenvalue weighted by molar-refractivity contribution is 8.02. The highest BCUT2D eigenvalue weighted by Gasteiger charge is 2.76. The van der Waals surface area contributed by atoms with E-state index >= 15 is 0 Å². The number of fused-ring (bicyclic) bond motifs is 1. The number of thioether (sulfide) groups is 1. The van der Waals surface area contributed by atoms with Gasteiger partial charge in [0, 0.05) is 24.9 Å². The molecule has 3 aliphatic heterocycles. The highest BCUT2D eigenvalue weighted by atomic mass is 35.5. The maximum absolute atomic E-state index is 14.3. The van der Waals surface area contributed by atoms with Crippen LogP contribution in [0.2, 0.25) is 5.02 Å². The number of likely N-dealkylation sites (tertiary alicyclic amines) is 1. The van der Waals surface area contributed by atoms with Crippen LogP contribution in [0, 0.1) is 17.8 Å². The van der Waals surface area contributed by atoms with Crippen LogP contribution in [0.3, 0.4) is 0 Å². The number of anilines is 1. The Kier molecular flexibility index (Phi) is 7.31. The van der Waals surface area contributed by atoms with Crippen molar-refractivity contribution in [1.82, 2.24) is 4.90 Å². The molecule has 3 heterocycles. The minimum Gasteiger partial charge on any atom is -0.466 e. The van der Waals surface area contributed by atoms with E-state index in [2.05, 4.69) is 13.5 Å². The minimum atomic E-state index is -0.780. The second kappa shape index (κ2) is 9.91. The monoisotopic (exact) mass is 506 g/mol. The number of hydrogen-bond acceptors (Lipinski definition) is 6. The number of aliphatic hydroxyl groups is 1. The van der Waals surface area contributed by atoms with E-state index in [9.17, 15) is 19.5 Å². The van der Waals surface area contributed by atoms with Gasteiger partial charge in [-0.3, -0.25) is 14.4 Å². The Bertz CT molecular complexity index is 990. The number of hydrogen-bond donors (Lipinski definition) is 1. The summed E-state index contributed by atoms with van der Waals surface area (Å²) in [5, 5.41) is 9.86. The van der Waals surface area contributed by atoms with E-state index in [1.54, 1.807) is 52.8 Å². The molecule has 2 bridgehead atoms. The molecule has 0 aromatic heterocycles. The Hall–Kier alpha value is -2.03. The molecule has 0 radical (unpaired) electrons. The van der Waals surface area contributed by atoms with Gasteiger partial charge in [0.15, 0.2) is 0 Å². The van der Waals surface area contributed by atoms with Crippen LogP contribution in [0.1, 0.15) is 26.7 Å². The van der Waals surface area contributed by atoms with E-state index in [-0.39, 0.29) is 55.3 Å². The first kappa shape index (κ1) is 25.1. The summed E-state index contributed by atoms with van der Waals surface area (Å²) in [5.41, 5.74) is 0.551. The number of benzene rings is 1. The van der Waals surface area contributed by atoms with Crippen LogP contribution in [-0.2, 0) is 19.1 Å². The van der Waals surface area contributed by atoms with Gasteiger partial charge < -0.3 is 19.6 Å². The number of rotatable bonds is 9. The Morgan fingerprint density at radius 2 is 2.15 bits per heavy atom. The molecule has 3 saturated heterocycles. The number of aliphatic hydroxyl groups excluding tert-OH is 1. The molecule has 4 rings (SSSR count). The van der Waals surface area contributed by atoms with Crippen molar-refractivity contribution in [3.05, 3.63) is 41.9 Å². The van der Waals surface area contributed by atoms with Crippen molar-refractivity contribution in [3.8, 4) is 0 Å². The number of ether oxygens (including phenoxy) is 1. The van der Waals surface area contributed by atoms with Crippen molar-refractivity contribution in [1.29, 1.82) is 0 Å². The fraction of sp³-hybridized carbons (Fsp3) is 0.560. The molecular formula is C25H31ClN2O5S. The topological polar surface area (TPSA) is 87.2 Å². The fourth-order valence-electron chi connectivity index (χ4n) is 6.04. The standard InChI is InChI=1S/C25H31ClN2O5S/c1-4-11-27(17-10-7-6-9-16(17)26)23(31)21-25-15(3)14-18(34-25)19(24(32)33-5-2)20(25)22(30)28(21)12-8-13-29/h4,6-7,9-10,15,18-21,29H,1,5,8,11-14H2,2-3H3/t15?,18-,19+,20+,21?,25?/m1/s1. The fourth-order valence-corrected chi connectivity index (χ4v) is 8.68. The van der Waals surface area contributed by atoms with Gasteiger partial charge in [0.25, 0.3) is 5.91 Å². The molecule has 7 nitrogen and oxygen atoms in total. The number of amides is 2. The smallest absolute Gasteiger partial charge is 0.310 e. The van der Waals surface area contributed by atoms with E-state index in [0.717, 1.165) is 6.42 Å². The van der Waals surface area contributed by atoms with Crippen molar-refractivity contribution in [3.63, 3.8) is 0 Å². The molecule has 3 aliphatic rings. The Labute approximate surface area is 209 Å². The third-order valence-corrected chi connectivity index (χ3v) is 9.71. The highest BCUT2D eigenvalue weighted by Crippen LogP contribution is 2.68. The predicted molar refractivity (Wildman–Crippen MR) is 133 cm³/mol. The van der Waals surface area contributed by atoms with Gasteiger partial charge in [0.2, 0.25) is 5.91 Å². The van der Waals surface area contributed by atoms with Gasteiger partial charge in [-0.1, -0.05) is 36.7 Å². The van der Waals surface area contributed by atoms with Gasteiger partial charge in [-0.15, -0.1) is 18.3 Å². The summed E-state index contributed by atoms with van der Waals surface area (Å²) in [6.45, 7) is 8.24. The first-order valence-corrected chi connectivity index (χ1v) is 13.0. The van der Waals surface area contributed by atoms with Crippen molar-refractivity contribution < 1.29 is 24.2 Å². The molecule has 6 atom stereocenters. The number of carbonyl (C=O) groups excluding carboxylic acids is 3. The molecule has 1 aromatic carbocycles. The van der Waals surface area contributed by atoms with Crippen LogP contribution >= 0.6 is 23.4 Å². The van der Waals surface area contributed by atoms with Gasteiger partial charge in [-0.25, -0.2) is 0 Å². The maximum Gasteiger partial charge on any atom is 0.310 e. The predicted octanol–water partition coefficient (Wildman–Crippen LogP) is 3.14. The summed E-state index contributed by atoms with van der Waals surface area (Å²) in [7, 11) is 0. The second-order valence-electron chi connectivity index (χ2n) is 9.10. The molecule has 3 fully saturated rings. The summed E-state index contributed by atoms with van der Waals surface area (Å²) < 4.78 is 4.62. The minimum absolute atomic E-state index is 0.0482. The molecular weight excluding hydrogens is 476 g/mol. The number of para-hydroxylation sites is 1. The lowest BCUT2D eigenvalue weighted by molar-refractivity contribution is -0.154.